The second-order valence-electron chi connectivity index (χ2n) is 5.11. The van der Waals surface area contributed by atoms with Gasteiger partial charge in [-0.25, -0.2) is 0 Å². The summed E-state index contributed by atoms with van der Waals surface area (Å²) in [4.78, 5) is 13.5. The molecule has 0 spiro atoms. The lowest BCUT2D eigenvalue weighted by Crippen LogP contribution is -2.27. The lowest BCUT2D eigenvalue weighted by molar-refractivity contribution is -0.127. The standard InChI is InChI=1S/C15H21NO/c1-11-9-12(2)14(13(3)10-11)6-8-16-7-4-5-15(16)17/h9-10H,4-8H2,1-3H3. The van der Waals surface area contributed by atoms with Crippen LogP contribution in [0.15, 0.2) is 12.1 Å². The lowest BCUT2D eigenvalue weighted by Gasteiger charge is -2.17. The van der Waals surface area contributed by atoms with Crippen LogP contribution in [0.4, 0.5) is 0 Å². The van der Waals surface area contributed by atoms with Crippen LogP contribution in [0.2, 0.25) is 0 Å². The number of amides is 1. The second-order valence-corrected chi connectivity index (χ2v) is 5.11. The molecule has 2 rings (SSSR count). The van der Waals surface area contributed by atoms with Crippen LogP contribution in [0.25, 0.3) is 0 Å². The molecule has 0 aliphatic carbocycles. The van der Waals surface area contributed by atoms with Crippen molar-refractivity contribution in [2.24, 2.45) is 0 Å². The van der Waals surface area contributed by atoms with Crippen LogP contribution in [0.1, 0.15) is 35.1 Å². The summed E-state index contributed by atoms with van der Waals surface area (Å²) in [5.41, 5.74) is 5.44. The molecule has 0 atom stereocenters. The van der Waals surface area contributed by atoms with Crippen LogP contribution in [-0.4, -0.2) is 23.9 Å². The summed E-state index contributed by atoms with van der Waals surface area (Å²) >= 11 is 0. The first-order valence-corrected chi connectivity index (χ1v) is 6.42. The van der Waals surface area contributed by atoms with E-state index in [2.05, 4.69) is 32.9 Å². The molecule has 0 N–H and O–H groups in total. The van der Waals surface area contributed by atoms with Crippen LogP contribution < -0.4 is 0 Å². The van der Waals surface area contributed by atoms with E-state index in [0.29, 0.717) is 5.91 Å². The Morgan fingerprint density at radius 3 is 2.35 bits per heavy atom. The molecule has 1 aliphatic heterocycles. The fourth-order valence-corrected chi connectivity index (χ4v) is 2.79. The van der Waals surface area contributed by atoms with Crippen molar-refractivity contribution >= 4 is 5.91 Å². The van der Waals surface area contributed by atoms with Crippen molar-refractivity contribution in [2.75, 3.05) is 13.1 Å². The third-order valence-electron chi connectivity index (χ3n) is 3.64. The van der Waals surface area contributed by atoms with Gasteiger partial charge in [0.25, 0.3) is 0 Å². The largest absolute Gasteiger partial charge is 0.342 e. The highest BCUT2D eigenvalue weighted by molar-refractivity contribution is 5.78. The lowest BCUT2D eigenvalue weighted by atomic mass is 9.97. The van der Waals surface area contributed by atoms with Crippen LogP contribution >= 0.6 is 0 Å². The Kier molecular flexibility index (Phi) is 3.51. The molecule has 0 bridgehead atoms. The van der Waals surface area contributed by atoms with E-state index in [1.54, 1.807) is 0 Å². The summed E-state index contributed by atoms with van der Waals surface area (Å²) in [5.74, 6) is 0.326. The summed E-state index contributed by atoms with van der Waals surface area (Å²) in [6, 6.07) is 4.46. The fraction of sp³-hybridized carbons (Fsp3) is 0.533. The molecular weight excluding hydrogens is 210 g/mol. The zero-order valence-corrected chi connectivity index (χ0v) is 11.0. The summed E-state index contributed by atoms with van der Waals surface area (Å²) < 4.78 is 0. The van der Waals surface area contributed by atoms with Crippen molar-refractivity contribution in [3.05, 3.63) is 34.4 Å². The van der Waals surface area contributed by atoms with E-state index in [4.69, 9.17) is 0 Å². The van der Waals surface area contributed by atoms with Crippen LogP contribution in [0.3, 0.4) is 0 Å². The molecule has 1 saturated heterocycles. The topological polar surface area (TPSA) is 20.3 Å². The number of hydrogen-bond donors (Lipinski definition) is 0. The van der Waals surface area contributed by atoms with E-state index in [1.165, 1.54) is 22.3 Å². The second kappa shape index (κ2) is 4.91. The Balaban J connectivity index is 2.06. The monoisotopic (exact) mass is 231 g/mol. The van der Waals surface area contributed by atoms with Gasteiger partial charge in [-0.2, -0.15) is 0 Å². The number of likely N-dealkylation sites (tertiary alicyclic amines) is 1. The molecule has 0 aromatic heterocycles. The van der Waals surface area contributed by atoms with Crippen LogP contribution in [-0.2, 0) is 11.2 Å². The molecular formula is C15H21NO. The minimum atomic E-state index is 0.326. The van der Waals surface area contributed by atoms with Gasteiger partial charge in [0.2, 0.25) is 5.91 Å². The molecule has 0 unspecified atom stereocenters. The minimum Gasteiger partial charge on any atom is -0.342 e. The Bertz CT molecular complexity index is 414. The van der Waals surface area contributed by atoms with Crippen LogP contribution in [0.5, 0.6) is 0 Å². The van der Waals surface area contributed by atoms with E-state index in [-0.39, 0.29) is 0 Å². The summed E-state index contributed by atoms with van der Waals surface area (Å²) in [7, 11) is 0. The van der Waals surface area contributed by atoms with E-state index >= 15 is 0 Å². The van der Waals surface area contributed by atoms with Crippen molar-refractivity contribution in [1.29, 1.82) is 0 Å². The van der Waals surface area contributed by atoms with E-state index in [9.17, 15) is 4.79 Å². The maximum Gasteiger partial charge on any atom is 0.222 e. The minimum absolute atomic E-state index is 0.326. The fourth-order valence-electron chi connectivity index (χ4n) is 2.79. The molecule has 0 saturated carbocycles. The van der Waals surface area contributed by atoms with Crippen molar-refractivity contribution in [3.63, 3.8) is 0 Å². The Morgan fingerprint density at radius 1 is 1.18 bits per heavy atom. The molecule has 1 aromatic rings. The van der Waals surface area contributed by atoms with Gasteiger partial charge in [0.15, 0.2) is 0 Å². The third-order valence-corrected chi connectivity index (χ3v) is 3.64. The predicted molar refractivity (Wildman–Crippen MR) is 70.2 cm³/mol. The summed E-state index contributed by atoms with van der Waals surface area (Å²) in [6.45, 7) is 8.29. The van der Waals surface area contributed by atoms with Gasteiger partial charge in [0, 0.05) is 19.5 Å². The van der Waals surface area contributed by atoms with Gasteiger partial charge in [0.1, 0.15) is 0 Å². The van der Waals surface area contributed by atoms with E-state index in [1.807, 2.05) is 4.90 Å². The zero-order chi connectivity index (χ0) is 12.4. The van der Waals surface area contributed by atoms with Gasteiger partial charge in [-0.1, -0.05) is 17.7 Å². The number of hydrogen-bond acceptors (Lipinski definition) is 1. The smallest absolute Gasteiger partial charge is 0.222 e. The highest BCUT2D eigenvalue weighted by atomic mass is 16.2. The van der Waals surface area contributed by atoms with Crippen molar-refractivity contribution in [3.8, 4) is 0 Å². The molecule has 1 fully saturated rings. The van der Waals surface area contributed by atoms with Crippen molar-refractivity contribution in [2.45, 2.75) is 40.0 Å². The number of aryl methyl sites for hydroxylation is 3. The van der Waals surface area contributed by atoms with Gasteiger partial charge < -0.3 is 4.90 Å². The maximum absolute atomic E-state index is 11.5. The van der Waals surface area contributed by atoms with Crippen molar-refractivity contribution in [1.82, 2.24) is 4.90 Å². The van der Waals surface area contributed by atoms with Crippen molar-refractivity contribution < 1.29 is 4.79 Å². The molecule has 0 radical (unpaired) electrons. The number of nitrogens with zero attached hydrogens (tertiary/aromatic N) is 1. The molecule has 1 heterocycles. The Morgan fingerprint density at radius 2 is 1.82 bits per heavy atom. The number of carbonyl (C=O) groups excluding carboxylic acids is 1. The average Bonchev–Trinajstić information content (AvgIpc) is 2.62. The Labute approximate surface area is 104 Å². The highest BCUT2D eigenvalue weighted by Gasteiger charge is 2.19. The van der Waals surface area contributed by atoms with E-state index in [0.717, 1.165) is 32.4 Å². The molecule has 2 nitrogen and oxygen atoms in total. The summed E-state index contributed by atoms with van der Waals surface area (Å²) in [6.07, 6.45) is 2.76. The number of rotatable bonds is 3. The normalized spacial score (nSPS) is 15.7. The molecule has 92 valence electrons. The molecule has 2 heteroatoms. The predicted octanol–water partition coefficient (Wildman–Crippen LogP) is 2.78. The van der Waals surface area contributed by atoms with Gasteiger partial charge in [-0.05, 0) is 50.3 Å². The zero-order valence-electron chi connectivity index (χ0n) is 11.0. The third kappa shape index (κ3) is 2.68. The number of benzene rings is 1. The van der Waals surface area contributed by atoms with Crippen LogP contribution in [0, 0.1) is 20.8 Å². The molecule has 1 aliphatic rings. The van der Waals surface area contributed by atoms with Gasteiger partial charge in [-0.3, -0.25) is 4.79 Å². The Hall–Kier alpha value is -1.31. The summed E-state index contributed by atoms with van der Waals surface area (Å²) in [5, 5.41) is 0. The molecule has 17 heavy (non-hydrogen) atoms. The number of carbonyl (C=O) groups is 1. The highest BCUT2D eigenvalue weighted by Crippen LogP contribution is 2.18. The van der Waals surface area contributed by atoms with Gasteiger partial charge in [-0.15, -0.1) is 0 Å². The first-order valence-electron chi connectivity index (χ1n) is 6.42. The quantitative estimate of drug-likeness (QED) is 0.783. The molecule has 1 amide bonds. The average molecular weight is 231 g/mol. The molecule has 1 aromatic carbocycles. The first-order chi connectivity index (χ1) is 8.08. The van der Waals surface area contributed by atoms with Gasteiger partial charge in [0.05, 0.1) is 0 Å². The maximum atomic E-state index is 11.5. The SMILES string of the molecule is Cc1cc(C)c(CCN2CCCC2=O)c(C)c1. The van der Waals surface area contributed by atoms with Gasteiger partial charge >= 0.3 is 0 Å². The van der Waals surface area contributed by atoms with E-state index < -0.39 is 0 Å². The first kappa shape index (κ1) is 12.2.